The Morgan fingerprint density at radius 2 is 1.93 bits per heavy atom. The zero-order valence-electron chi connectivity index (χ0n) is 14.5. The van der Waals surface area contributed by atoms with Crippen LogP contribution in [0.3, 0.4) is 0 Å². The van der Waals surface area contributed by atoms with Crippen molar-refractivity contribution >= 4 is 21.6 Å². The van der Waals surface area contributed by atoms with E-state index in [0.717, 1.165) is 0 Å². The minimum atomic E-state index is -3.71. The van der Waals surface area contributed by atoms with Crippen LogP contribution in [0.2, 0.25) is 0 Å². The Labute approximate surface area is 155 Å². The van der Waals surface area contributed by atoms with E-state index in [4.69, 9.17) is 0 Å². The first kappa shape index (κ1) is 18.8. The van der Waals surface area contributed by atoms with E-state index < -0.39 is 16.0 Å². The lowest BCUT2D eigenvalue weighted by Crippen LogP contribution is -2.27. The van der Waals surface area contributed by atoms with Crippen LogP contribution in [-0.2, 0) is 21.3 Å². The molecule has 1 aromatic carbocycles. The number of nitrogens with one attached hydrogen (secondary N) is 1. The van der Waals surface area contributed by atoms with E-state index in [-0.39, 0.29) is 29.2 Å². The molecule has 0 fully saturated rings. The molecule has 2 aromatic heterocycles. The maximum Gasteiger partial charge on any atom is 0.350 e. The predicted octanol–water partition coefficient (Wildman–Crippen LogP) is 0.651. The number of fused-ring (bicyclic) bond motifs is 1. The summed E-state index contributed by atoms with van der Waals surface area (Å²) in [5.74, 6) is -0.537. The van der Waals surface area contributed by atoms with Crippen molar-refractivity contribution in [1.29, 1.82) is 0 Å². The Morgan fingerprint density at radius 1 is 1.19 bits per heavy atom. The Morgan fingerprint density at radius 3 is 2.59 bits per heavy atom. The first-order chi connectivity index (χ1) is 12.9. The van der Waals surface area contributed by atoms with E-state index >= 15 is 0 Å². The topological polar surface area (TPSA) is 112 Å². The summed E-state index contributed by atoms with van der Waals surface area (Å²) in [5, 5.41) is 4.18. The summed E-state index contributed by atoms with van der Waals surface area (Å²) < 4.78 is 34.3. The predicted molar refractivity (Wildman–Crippen MR) is 97.0 cm³/mol. The fraction of sp³-hybridized carbons (Fsp3) is 0.235. The van der Waals surface area contributed by atoms with Gasteiger partial charge in [-0.2, -0.15) is 0 Å². The van der Waals surface area contributed by atoms with E-state index in [1.807, 2.05) is 0 Å². The Kier molecular flexibility index (Phi) is 5.38. The lowest BCUT2D eigenvalue weighted by Gasteiger charge is -2.07. The number of benzene rings is 1. The molecule has 0 aliphatic rings. The van der Waals surface area contributed by atoms with E-state index in [2.05, 4.69) is 14.6 Å². The number of hydrogen-bond acceptors (Lipinski definition) is 6. The molecule has 0 aliphatic carbocycles. The molecule has 3 aromatic rings. The molecular weight excluding hydrogens is 372 g/mol. The lowest BCUT2D eigenvalue weighted by atomic mass is 10.2. The van der Waals surface area contributed by atoms with Gasteiger partial charge in [-0.15, -0.1) is 5.10 Å². The van der Waals surface area contributed by atoms with E-state index in [1.54, 1.807) is 24.4 Å². The van der Waals surface area contributed by atoms with Crippen molar-refractivity contribution < 1.29 is 17.9 Å². The fourth-order valence-electron chi connectivity index (χ4n) is 2.52. The van der Waals surface area contributed by atoms with Gasteiger partial charge in [0.05, 0.1) is 17.6 Å². The van der Waals surface area contributed by atoms with Crippen LogP contribution in [0.15, 0.2) is 58.4 Å². The SMILES string of the molecule is COC(=O)c1ccc(S(=O)(=O)NCCCn2nc3ccccn3c2=O)cc1. The van der Waals surface area contributed by atoms with Crippen LogP contribution in [0.5, 0.6) is 0 Å². The van der Waals surface area contributed by atoms with Crippen LogP contribution in [0, 0.1) is 0 Å². The number of hydrogen-bond donors (Lipinski definition) is 1. The van der Waals surface area contributed by atoms with Gasteiger partial charge >= 0.3 is 11.7 Å². The van der Waals surface area contributed by atoms with Gasteiger partial charge in [0.25, 0.3) is 0 Å². The van der Waals surface area contributed by atoms with Gasteiger partial charge in [-0.25, -0.2) is 27.4 Å². The molecule has 10 heteroatoms. The molecule has 0 unspecified atom stereocenters. The summed E-state index contributed by atoms with van der Waals surface area (Å²) in [6.07, 6.45) is 2.02. The van der Waals surface area contributed by atoms with Gasteiger partial charge in [-0.3, -0.25) is 4.40 Å². The number of methoxy groups -OCH3 is 1. The molecule has 3 rings (SSSR count). The Bertz CT molecular complexity index is 1120. The minimum Gasteiger partial charge on any atom is -0.465 e. The summed E-state index contributed by atoms with van der Waals surface area (Å²) in [6, 6.07) is 10.7. The highest BCUT2D eigenvalue weighted by Gasteiger charge is 2.15. The standard InChI is InChI=1S/C17H18N4O5S/c1-26-16(22)13-6-8-14(9-7-13)27(24,25)18-10-4-12-21-17(23)20-11-3-2-5-15(20)19-21/h2-3,5-9,11,18H,4,10,12H2,1H3. The van der Waals surface area contributed by atoms with E-state index in [1.165, 1.54) is 40.5 Å². The molecule has 0 amide bonds. The Hall–Kier alpha value is -2.98. The van der Waals surface area contributed by atoms with Gasteiger partial charge in [-0.05, 0) is 42.8 Å². The van der Waals surface area contributed by atoms with Crippen LogP contribution in [0.25, 0.3) is 5.65 Å². The molecule has 1 N–H and O–H groups in total. The molecule has 0 radical (unpaired) electrons. The number of rotatable bonds is 7. The summed E-state index contributed by atoms with van der Waals surface area (Å²) >= 11 is 0. The average molecular weight is 390 g/mol. The molecule has 27 heavy (non-hydrogen) atoms. The fourth-order valence-corrected chi connectivity index (χ4v) is 3.59. The van der Waals surface area contributed by atoms with Crippen molar-refractivity contribution in [3.63, 3.8) is 0 Å². The summed E-state index contributed by atoms with van der Waals surface area (Å²) in [7, 11) is -2.46. The highest BCUT2D eigenvalue weighted by Crippen LogP contribution is 2.11. The van der Waals surface area contributed by atoms with Crippen molar-refractivity contribution in [1.82, 2.24) is 18.9 Å². The molecule has 0 saturated heterocycles. The number of aryl methyl sites for hydroxylation is 1. The third-order valence-electron chi connectivity index (χ3n) is 3.91. The third-order valence-corrected chi connectivity index (χ3v) is 5.39. The van der Waals surface area contributed by atoms with Gasteiger partial charge < -0.3 is 4.74 Å². The number of pyridine rings is 1. The first-order valence-electron chi connectivity index (χ1n) is 8.14. The molecule has 0 atom stereocenters. The number of sulfonamides is 1. The average Bonchev–Trinajstić information content (AvgIpc) is 3.01. The van der Waals surface area contributed by atoms with Crippen LogP contribution in [0.1, 0.15) is 16.8 Å². The van der Waals surface area contributed by atoms with Crippen molar-refractivity contribution in [3.8, 4) is 0 Å². The van der Waals surface area contributed by atoms with Gasteiger partial charge in [0.2, 0.25) is 10.0 Å². The second-order valence-electron chi connectivity index (χ2n) is 5.70. The molecule has 0 bridgehead atoms. The zero-order chi connectivity index (χ0) is 19.4. The van der Waals surface area contributed by atoms with E-state index in [0.29, 0.717) is 12.1 Å². The van der Waals surface area contributed by atoms with Crippen molar-refractivity contribution in [2.24, 2.45) is 0 Å². The largest absolute Gasteiger partial charge is 0.465 e. The number of esters is 1. The summed E-state index contributed by atoms with van der Waals surface area (Å²) in [4.78, 5) is 23.6. The third kappa shape index (κ3) is 4.07. The van der Waals surface area contributed by atoms with Crippen molar-refractivity contribution in [2.75, 3.05) is 13.7 Å². The monoisotopic (exact) mass is 390 g/mol. The van der Waals surface area contributed by atoms with Gasteiger partial charge in [0, 0.05) is 19.3 Å². The lowest BCUT2D eigenvalue weighted by molar-refractivity contribution is 0.0600. The highest BCUT2D eigenvalue weighted by atomic mass is 32.2. The van der Waals surface area contributed by atoms with Gasteiger partial charge in [0.15, 0.2) is 5.65 Å². The zero-order valence-corrected chi connectivity index (χ0v) is 15.3. The van der Waals surface area contributed by atoms with Crippen LogP contribution in [0.4, 0.5) is 0 Å². The molecular formula is C17H18N4O5S. The molecule has 0 saturated carbocycles. The molecule has 0 aliphatic heterocycles. The number of nitrogens with zero attached hydrogens (tertiary/aromatic N) is 3. The number of aromatic nitrogens is 3. The van der Waals surface area contributed by atoms with Crippen molar-refractivity contribution in [3.05, 3.63) is 64.7 Å². The molecule has 2 heterocycles. The van der Waals surface area contributed by atoms with Gasteiger partial charge in [0.1, 0.15) is 0 Å². The van der Waals surface area contributed by atoms with E-state index in [9.17, 15) is 18.0 Å². The summed E-state index contributed by atoms with van der Waals surface area (Å²) in [6.45, 7) is 0.422. The second kappa shape index (κ2) is 7.72. The van der Waals surface area contributed by atoms with Crippen LogP contribution >= 0.6 is 0 Å². The quantitative estimate of drug-likeness (QED) is 0.468. The minimum absolute atomic E-state index is 0.0417. The van der Waals surface area contributed by atoms with Crippen molar-refractivity contribution in [2.45, 2.75) is 17.9 Å². The van der Waals surface area contributed by atoms with Crippen LogP contribution in [-0.4, -0.2) is 42.2 Å². The Balaban J connectivity index is 1.59. The second-order valence-corrected chi connectivity index (χ2v) is 7.47. The smallest absolute Gasteiger partial charge is 0.350 e. The molecule has 0 spiro atoms. The molecule has 9 nitrogen and oxygen atoms in total. The highest BCUT2D eigenvalue weighted by molar-refractivity contribution is 7.89. The first-order valence-corrected chi connectivity index (χ1v) is 9.63. The van der Waals surface area contributed by atoms with Gasteiger partial charge in [-0.1, -0.05) is 6.07 Å². The maximum absolute atomic E-state index is 12.3. The maximum atomic E-state index is 12.3. The normalized spacial score (nSPS) is 11.6. The number of carbonyl (C=O) groups excluding carboxylic acids is 1. The number of carbonyl (C=O) groups is 1. The number of ether oxygens (including phenoxy) is 1. The molecule has 142 valence electrons. The summed E-state index contributed by atoms with van der Waals surface area (Å²) in [5.41, 5.74) is 0.531. The van der Waals surface area contributed by atoms with Crippen LogP contribution < -0.4 is 10.4 Å².